The monoisotopic (exact) mass is 277 g/mol. The van der Waals surface area contributed by atoms with Gasteiger partial charge in [-0.2, -0.15) is 0 Å². The third-order valence-electron chi connectivity index (χ3n) is 4.37. The molecule has 0 unspecified atom stereocenters. The average Bonchev–Trinajstić information content (AvgIpc) is 2.46. The summed E-state index contributed by atoms with van der Waals surface area (Å²) in [5.74, 6) is -0.168. The molecule has 0 aliphatic heterocycles. The molecule has 4 heteroatoms. The van der Waals surface area contributed by atoms with Gasteiger partial charge in [0, 0.05) is 12.2 Å². The molecule has 3 N–H and O–H groups in total. The van der Waals surface area contributed by atoms with Crippen LogP contribution in [0.25, 0.3) is 0 Å². The van der Waals surface area contributed by atoms with Crippen molar-refractivity contribution in [2.75, 3.05) is 11.9 Å². The van der Waals surface area contributed by atoms with Crippen molar-refractivity contribution in [3.8, 4) is 0 Å². The second-order valence-corrected chi connectivity index (χ2v) is 5.81. The number of hydrogen-bond acceptors (Lipinski definition) is 3. The molecule has 110 valence electrons. The van der Waals surface area contributed by atoms with Gasteiger partial charge in [0.05, 0.1) is 11.2 Å². The summed E-state index contributed by atoms with van der Waals surface area (Å²) >= 11 is 0. The van der Waals surface area contributed by atoms with Gasteiger partial charge in [0.2, 0.25) is 0 Å². The number of carboxylic acids is 1. The first-order valence-corrected chi connectivity index (χ1v) is 7.32. The van der Waals surface area contributed by atoms with Crippen molar-refractivity contribution in [3.05, 3.63) is 29.8 Å². The Labute approximate surface area is 119 Å². The Kier molecular flexibility index (Phi) is 4.65. The second-order valence-electron chi connectivity index (χ2n) is 5.81. The molecule has 0 heterocycles. The van der Waals surface area contributed by atoms with Crippen LogP contribution in [0.5, 0.6) is 0 Å². The SMILES string of the molecule is CCC1CCC(O)(CNc2ccc(C(=O)O)cc2)CC1. The van der Waals surface area contributed by atoms with Crippen molar-refractivity contribution in [2.24, 2.45) is 5.92 Å². The minimum atomic E-state index is -0.923. The average molecular weight is 277 g/mol. The summed E-state index contributed by atoms with van der Waals surface area (Å²) in [5.41, 5.74) is 0.496. The molecule has 0 saturated heterocycles. The van der Waals surface area contributed by atoms with Crippen molar-refractivity contribution in [1.82, 2.24) is 0 Å². The summed E-state index contributed by atoms with van der Waals surface area (Å²) in [6.45, 7) is 2.73. The van der Waals surface area contributed by atoms with E-state index in [0.717, 1.165) is 37.3 Å². The number of benzene rings is 1. The Morgan fingerprint density at radius 2 is 1.90 bits per heavy atom. The van der Waals surface area contributed by atoms with Gasteiger partial charge in [-0.1, -0.05) is 13.3 Å². The number of nitrogens with one attached hydrogen (secondary N) is 1. The van der Waals surface area contributed by atoms with Crippen molar-refractivity contribution >= 4 is 11.7 Å². The number of aromatic carboxylic acids is 1. The summed E-state index contributed by atoms with van der Waals surface area (Å²) in [4.78, 5) is 10.8. The van der Waals surface area contributed by atoms with E-state index >= 15 is 0 Å². The largest absolute Gasteiger partial charge is 0.478 e. The van der Waals surface area contributed by atoms with Gasteiger partial charge in [-0.25, -0.2) is 4.79 Å². The molecule has 1 aliphatic carbocycles. The van der Waals surface area contributed by atoms with Crippen LogP contribution in [0.3, 0.4) is 0 Å². The van der Waals surface area contributed by atoms with Crippen molar-refractivity contribution in [3.63, 3.8) is 0 Å². The van der Waals surface area contributed by atoms with Gasteiger partial charge in [0.15, 0.2) is 0 Å². The molecule has 1 saturated carbocycles. The highest BCUT2D eigenvalue weighted by atomic mass is 16.4. The van der Waals surface area contributed by atoms with Crippen molar-refractivity contribution in [1.29, 1.82) is 0 Å². The highest BCUT2D eigenvalue weighted by Crippen LogP contribution is 2.33. The van der Waals surface area contributed by atoms with E-state index in [1.807, 2.05) is 0 Å². The normalized spacial score (nSPS) is 26.2. The lowest BCUT2D eigenvalue weighted by Gasteiger charge is -2.36. The van der Waals surface area contributed by atoms with Crippen LogP contribution in [0.2, 0.25) is 0 Å². The maximum atomic E-state index is 10.8. The Morgan fingerprint density at radius 1 is 1.30 bits per heavy atom. The maximum absolute atomic E-state index is 10.8. The first-order chi connectivity index (χ1) is 9.52. The first kappa shape index (κ1) is 14.9. The zero-order valence-corrected chi connectivity index (χ0v) is 11.9. The lowest BCUT2D eigenvalue weighted by atomic mass is 9.78. The molecule has 2 rings (SSSR count). The number of carbonyl (C=O) groups is 1. The van der Waals surface area contributed by atoms with Crippen molar-refractivity contribution < 1.29 is 15.0 Å². The van der Waals surface area contributed by atoms with E-state index in [9.17, 15) is 9.90 Å². The van der Waals surface area contributed by atoms with Gasteiger partial charge < -0.3 is 15.5 Å². The number of anilines is 1. The molecular weight excluding hydrogens is 254 g/mol. The van der Waals surface area contributed by atoms with Gasteiger partial charge in [-0.05, 0) is 55.9 Å². The van der Waals surface area contributed by atoms with Gasteiger partial charge in [-0.3, -0.25) is 0 Å². The molecule has 0 radical (unpaired) electrons. The third kappa shape index (κ3) is 3.73. The Balaban J connectivity index is 1.87. The van der Waals surface area contributed by atoms with E-state index in [1.165, 1.54) is 6.42 Å². The minimum Gasteiger partial charge on any atom is -0.478 e. The predicted molar refractivity (Wildman–Crippen MR) is 79.1 cm³/mol. The molecule has 0 amide bonds. The highest BCUT2D eigenvalue weighted by molar-refractivity contribution is 5.87. The molecule has 0 aromatic heterocycles. The van der Waals surface area contributed by atoms with E-state index in [4.69, 9.17) is 5.11 Å². The number of hydrogen-bond donors (Lipinski definition) is 3. The van der Waals surface area contributed by atoms with Crippen LogP contribution < -0.4 is 5.32 Å². The van der Waals surface area contributed by atoms with Crippen LogP contribution in [0.1, 0.15) is 49.4 Å². The molecular formula is C16H23NO3. The number of rotatable bonds is 5. The molecule has 0 atom stereocenters. The van der Waals surface area contributed by atoms with Crippen LogP contribution in [-0.2, 0) is 0 Å². The van der Waals surface area contributed by atoms with Gasteiger partial charge in [0.1, 0.15) is 0 Å². The van der Waals surface area contributed by atoms with Crippen molar-refractivity contribution in [2.45, 2.75) is 44.6 Å². The fourth-order valence-electron chi connectivity index (χ4n) is 2.80. The van der Waals surface area contributed by atoms with E-state index < -0.39 is 11.6 Å². The summed E-state index contributed by atoms with van der Waals surface area (Å²) < 4.78 is 0. The van der Waals surface area contributed by atoms with Crippen LogP contribution in [0.4, 0.5) is 5.69 Å². The molecule has 1 aromatic carbocycles. The zero-order valence-electron chi connectivity index (χ0n) is 11.9. The fraction of sp³-hybridized carbons (Fsp3) is 0.562. The minimum absolute atomic E-state index is 0.276. The van der Waals surface area contributed by atoms with Gasteiger partial charge in [0.25, 0.3) is 0 Å². The predicted octanol–water partition coefficient (Wildman–Crippen LogP) is 3.13. The van der Waals surface area contributed by atoms with Crippen LogP contribution in [-0.4, -0.2) is 28.3 Å². The zero-order chi connectivity index (χ0) is 14.6. The lowest BCUT2D eigenvalue weighted by Crippen LogP contribution is -2.40. The molecule has 1 fully saturated rings. The van der Waals surface area contributed by atoms with Gasteiger partial charge >= 0.3 is 5.97 Å². The van der Waals surface area contributed by atoms with Crippen LogP contribution in [0, 0.1) is 5.92 Å². The highest BCUT2D eigenvalue weighted by Gasteiger charge is 2.32. The molecule has 4 nitrogen and oxygen atoms in total. The third-order valence-corrected chi connectivity index (χ3v) is 4.37. The van der Waals surface area contributed by atoms with E-state index in [1.54, 1.807) is 24.3 Å². The second kappa shape index (κ2) is 6.27. The van der Waals surface area contributed by atoms with E-state index in [-0.39, 0.29) is 5.56 Å². The Morgan fingerprint density at radius 3 is 2.40 bits per heavy atom. The summed E-state index contributed by atoms with van der Waals surface area (Å²) in [6, 6.07) is 6.63. The Hall–Kier alpha value is -1.55. The van der Waals surface area contributed by atoms with Crippen LogP contribution >= 0.6 is 0 Å². The summed E-state index contributed by atoms with van der Waals surface area (Å²) in [6.07, 6.45) is 5.05. The van der Waals surface area contributed by atoms with Crippen LogP contribution in [0.15, 0.2) is 24.3 Å². The summed E-state index contributed by atoms with van der Waals surface area (Å²) in [7, 11) is 0. The molecule has 1 aromatic rings. The topological polar surface area (TPSA) is 69.6 Å². The smallest absolute Gasteiger partial charge is 0.335 e. The van der Waals surface area contributed by atoms with E-state index in [2.05, 4.69) is 12.2 Å². The molecule has 0 spiro atoms. The van der Waals surface area contributed by atoms with Gasteiger partial charge in [-0.15, -0.1) is 0 Å². The molecule has 0 bridgehead atoms. The van der Waals surface area contributed by atoms with E-state index in [0.29, 0.717) is 6.54 Å². The lowest BCUT2D eigenvalue weighted by molar-refractivity contribution is 0.00229. The quantitative estimate of drug-likeness (QED) is 0.773. The molecule has 1 aliphatic rings. The Bertz CT molecular complexity index is 447. The number of aliphatic hydroxyl groups is 1. The maximum Gasteiger partial charge on any atom is 0.335 e. The first-order valence-electron chi connectivity index (χ1n) is 7.32. The fourth-order valence-corrected chi connectivity index (χ4v) is 2.80. The standard InChI is InChI=1S/C16H23NO3/c1-2-12-7-9-16(20,10-8-12)11-17-14-5-3-13(4-6-14)15(18)19/h3-6,12,17,20H,2,7-11H2,1H3,(H,18,19). The molecule has 20 heavy (non-hydrogen) atoms. The number of carboxylic acid groups (broad SMARTS) is 1. The summed E-state index contributed by atoms with van der Waals surface area (Å²) in [5, 5.41) is 22.6.